The average Bonchev–Trinajstić information content (AvgIpc) is 2.98. The first kappa shape index (κ1) is 34.2. The first-order valence-corrected chi connectivity index (χ1v) is 15.3. The Morgan fingerprint density at radius 2 is 1.82 bits per heavy atom. The maximum absolute atomic E-state index is 12.7. The molecule has 2 amide bonds. The number of hydrogen-bond donors (Lipinski definition) is 4. The molecule has 1 aliphatic rings. The lowest BCUT2D eigenvalue weighted by Gasteiger charge is -2.36. The molecule has 0 saturated carbocycles. The zero-order chi connectivity index (χ0) is 32.1. The molecular formula is C31H49N9O4. The Labute approximate surface area is 260 Å². The molecule has 13 nitrogen and oxygen atoms in total. The highest BCUT2D eigenvalue weighted by molar-refractivity contribution is 5.89. The van der Waals surface area contributed by atoms with E-state index in [0.717, 1.165) is 55.9 Å². The number of benzene rings is 1. The number of nitrogens with one attached hydrogen (secondary N) is 2. The van der Waals surface area contributed by atoms with E-state index in [4.69, 9.17) is 20.9 Å². The van der Waals surface area contributed by atoms with Crippen molar-refractivity contribution in [2.45, 2.75) is 71.9 Å². The van der Waals surface area contributed by atoms with Gasteiger partial charge in [-0.2, -0.15) is 4.98 Å². The Morgan fingerprint density at radius 3 is 2.50 bits per heavy atom. The summed E-state index contributed by atoms with van der Waals surface area (Å²) in [5, 5.41) is 5.94. The number of rotatable bonds is 14. The Morgan fingerprint density at radius 1 is 1.07 bits per heavy atom. The number of carbonyl (C=O) groups is 2. The highest BCUT2D eigenvalue weighted by Gasteiger charge is 2.22. The van der Waals surface area contributed by atoms with Crippen molar-refractivity contribution in [3.05, 3.63) is 29.5 Å². The van der Waals surface area contributed by atoms with Gasteiger partial charge in [0.15, 0.2) is 5.82 Å². The van der Waals surface area contributed by atoms with E-state index in [0.29, 0.717) is 56.2 Å². The molecule has 1 aromatic carbocycles. The number of ether oxygens (including phenoxy) is 2. The zero-order valence-electron chi connectivity index (χ0n) is 26.8. The van der Waals surface area contributed by atoms with Crippen LogP contribution in [0.5, 0.6) is 5.75 Å². The number of nitrogens with two attached hydrogens (primary N) is 2. The number of nitrogen functional groups attached to an aromatic ring is 2. The van der Waals surface area contributed by atoms with E-state index in [2.05, 4.69) is 43.5 Å². The lowest BCUT2D eigenvalue weighted by Crippen LogP contribution is -2.48. The third-order valence-corrected chi connectivity index (χ3v) is 7.04. The highest BCUT2D eigenvalue weighted by atomic mass is 16.6. The second-order valence-corrected chi connectivity index (χ2v) is 11.7. The number of amides is 2. The van der Waals surface area contributed by atoms with Crippen LogP contribution in [0.4, 0.5) is 27.9 Å². The Kier molecular flexibility index (Phi) is 12.8. The van der Waals surface area contributed by atoms with Gasteiger partial charge in [-0.15, -0.1) is 0 Å². The van der Waals surface area contributed by atoms with Crippen molar-refractivity contribution in [3.8, 4) is 5.75 Å². The minimum absolute atomic E-state index is 0.135. The van der Waals surface area contributed by atoms with Gasteiger partial charge in [-0.3, -0.25) is 9.79 Å². The Balaban J connectivity index is 1.48. The van der Waals surface area contributed by atoms with Gasteiger partial charge >= 0.3 is 6.09 Å². The van der Waals surface area contributed by atoms with E-state index < -0.39 is 11.7 Å². The van der Waals surface area contributed by atoms with Crippen LogP contribution in [-0.4, -0.2) is 85.1 Å². The van der Waals surface area contributed by atoms with Crippen LogP contribution < -0.4 is 31.7 Å². The van der Waals surface area contributed by atoms with Gasteiger partial charge < -0.3 is 41.4 Å². The molecule has 1 fully saturated rings. The fraction of sp³-hybridized carbons (Fsp3) is 0.581. The molecule has 242 valence electrons. The zero-order valence-corrected chi connectivity index (χ0v) is 26.8. The van der Waals surface area contributed by atoms with E-state index in [9.17, 15) is 9.59 Å². The molecule has 2 heterocycles. The molecule has 0 spiro atoms. The van der Waals surface area contributed by atoms with Crippen LogP contribution in [0.15, 0.2) is 23.2 Å². The van der Waals surface area contributed by atoms with Gasteiger partial charge in [-0.05, 0) is 46.1 Å². The van der Waals surface area contributed by atoms with Crippen LogP contribution in [-0.2, 0) is 16.1 Å². The molecule has 1 saturated heterocycles. The number of alkyl carbamates (subject to hydrolysis) is 1. The molecule has 1 aromatic heterocycles. The first-order valence-electron chi connectivity index (χ1n) is 15.3. The molecule has 0 unspecified atom stereocenters. The maximum Gasteiger partial charge on any atom is 0.407 e. The summed E-state index contributed by atoms with van der Waals surface area (Å²) in [4.78, 5) is 41.6. The van der Waals surface area contributed by atoms with Crippen molar-refractivity contribution in [1.29, 1.82) is 0 Å². The largest absolute Gasteiger partial charge is 0.496 e. The molecule has 0 bridgehead atoms. The summed E-state index contributed by atoms with van der Waals surface area (Å²) in [6.45, 7) is 12.0. The van der Waals surface area contributed by atoms with Crippen LogP contribution in [0.2, 0.25) is 0 Å². The standard InChI is InChI=1S/C31H49N9O4/c1-6-7-13-35-28-27(32)24(37-29(33)38-28)21-34-20-22-11-12-23(19-25(22)43-5)39-15-17-40(18-16-39)26(41)10-8-9-14-36-30(42)44-31(2,3)4/h11-12,19,21H,6-10,13-18,20,32H2,1-5H3,(H,36,42)(H3,33,35,37,38). The minimum Gasteiger partial charge on any atom is -0.496 e. The van der Waals surface area contributed by atoms with Crippen molar-refractivity contribution >= 4 is 41.4 Å². The molecule has 0 aliphatic carbocycles. The van der Waals surface area contributed by atoms with E-state index in [-0.39, 0.29) is 11.9 Å². The lowest BCUT2D eigenvalue weighted by molar-refractivity contribution is -0.131. The van der Waals surface area contributed by atoms with Gasteiger partial charge in [0.25, 0.3) is 0 Å². The SMILES string of the molecule is CCCCNc1nc(N)nc(C=NCc2ccc(N3CCN(C(=O)CCCCNC(=O)OC(C)(C)C)CC3)cc2OC)c1N. The van der Waals surface area contributed by atoms with Gasteiger partial charge in [-0.1, -0.05) is 19.4 Å². The van der Waals surface area contributed by atoms with Crippen molar-refractivity contribution in [3.63, 3.8) is 0 Å². The molecule has 0 radical (unpaired) electrons. The van der Waals surface area contributed by atoms with Crippen molar-refractivity contribution < 1.29 is 19.1 Å². The molecule has 0 atom stereocenters. The third-order valence-electron chi connectivity index (χ3n) is 7.04. The normalized spacial score (nSPS) is 13.7. The summed E-state index contributed by atoms with van der Waals surface area (Å²) in [6, 6.07) is 6.06. The van der Waals surface area contributed by atoms with E-state index in [1.165, 1.54) is 0 Å². The summed E-state index contributed by atoms with van der Waals surface area (Å²) >= 11 is 0. The second-order valence-electron chi connectivity index (χ2n) is 11.7. The second kappa shape index (κ2) is 16.5. The van der Waals surface area contributed by atoms with Gasteiger partial charge in [0, 0.05) is 69.2 Å². The number of aliphatic imine (C=N–C) groups is 1. The fourth-order valence-corrected chi connectivity index (χ4v) is 4.69. The number of methoxy groups -OCH3 is 1. The lowest BCUT2D eigenvalue weighted by atomic mass is 10.1. The van der Waals surface area contributed by atoms with Gasteiger partial charge in [0.05, 0.1) is 13.7 Å². The summed E-state index contributed by atoms with van der Waals surface area (Å²) in [5.74, 6) is 1.53. The smallest absolute Gasteiger partial charge is 0.407 e. The van der Waals surface area contributed by atoms with Crippen LogP contribution >= 0.6 is 0 Å². The van der Waals surface area contributed by atoms with E-state index in [1.54, 1.807) is 13.3 Å². The molecule has 1 aliphatic heterocycles. The predicted octanol–water partition coefficient (Wildman–Crippen LogP) is 3.82. The van der Waals surface area contributed by atoms with Crippen molar-refractivity contribution in [2.24, 2.45) is 4.99 Å². The van der Waals surface area contributed by atoms with Crippen LogP contribution in [0.1, 0.15) is 71.1 Å². The number of anilines is 4. The van der Waals surface area contributed by atoms with Crippen LogP contribution in [0, 0.1) is 0 Å². The van der Waals surface area contributed by atoms with E-state index >= 15 is 0 Å². The summed E-state index contributed by atoms with van der Waals surface area (Å²) in [5.41, 5.74) is 14.5. The van der Waals surface area contributed by atoms with Crippen LogP contribution in [0.25, 0.3) is 0 Å². The van der Waals surface area contributed by atoms with Crippen molar-refractivity contribution in [1.82, 2.24) is 20.2 Å². The monoisotopic (exact) mass is 611 g/mol. The van der Waals surface area contributed by atoms with Crippen molar-refractivity contribution in [2.75, 3.05) is 68.1 Å². The minimum atomic E-state index is -0.524. The van der Waals surface area contributed by atoms with Gasteiger partial charge in [0.1, 0.15) is 22.7 Å². The molecule has 13 heteroatoms. The van der Waals surface area contributed by atoms with Gasteiger partial charge in [0.2, 0.25) is 11.9 Å². The van der Waals surface area contributed by atoms with E-state index in [1.807, 2.05) is 37.8 Å². The van der Waals surface area contributed by atoms with Gasteiger partial charge in [-0.25, -0.2) is 9.78 Å². The topological polar surface area (TPSA) is 173 Å². The summed E-state index contributed by atoms with van der Waals surface area (Å²) < 4.78 is 10.9. The fourth-order valence-electron chi connectivity index (χ4n) is 4.69. The molecular weight excluding hydrogens is 562 g/mol. The molecule has 44 heavy (non-hydrogen) atoms. The predicted molar refractivity (Wildman–Crippen MR) is 175 cm³/mol. The number of nitrogens with zero attached hydrogens (tertiary/aromatic N) is 5. The number of carbonyl (C=O) groups excluding carboxylic acids is 2. The molecule has 3 rings (SSSR count). The summed E-state index contributed by atoms with van der Waals surface area (Å²) in [7, 11) is 1.64. The molecule has 6 N–H and O–H groups in total. The Hall–Kier alpha value is -4.29. The number of aromatic nitrogens is 2. The third kappa shape index (κ3) is 10.8. The van der Waals surface area contributed by atoms with Crippen LogP contribution in [0.3, 0.4) is 0 Å². The maximum atomic E-state index is 12.7. The highest BCUT2D eigenvalue weighted by Crippen LogP contribution is 2.27. The first-order chi connectivity index (χ1) is 21.0. The molecule has 2 aromatic rings. The number of unbranched alkanes of at least 4 members (excludes halogenated alkanes) is 2. The number of hydrogen-bond acceptors (Lipinski definition) is 11. The summed E-state index contributed by atoms with van der Waals surface area (Å²) in [6.07, 6.45) is 5.12. The average molecular weight is 612 g/mol. The Bertz CT molecular complexity index is 1270. The quantitative estimate of drug-likeness (QED) is 0.182. The number of piperazine rings is 1.